The monoisotopic (exact) mass is 376 g/mol. The van der Waals surface area contributed by atoms with Gasteiger partial charge in [0.15, 0.2) is 5.60 Å². The fourth-order valence-electron chi connectivity index (χ4n) is 3.35. The second kappa shape index (κ2) is 7.29. The third-order valence-electron chi connectivity index (χ3n) is 4.87. The fourth-order valence-corrected chi connectivity index (χ4v) is 4.50. The Balaban J connectivity index is 1.53. The van der Waals surface area contributed by atoms with E-state index >= 15 is 0 Å². The summed E-state index contributed by atoms with van der Waals surface area (Å²) in [5.74, 6) is 0.165. The summed E-state index contributed by atoms with van der Waals surface area (Å²) in [5, 5.41) is 0.742. The zero-order valence-electron chi connectivity index (χ0n) is 13.9. The highest BCUT2D eigenvalue weighted by Crippen LogP contribution is 2.44. The van der Waals surface area contributed by atoms with Crippen molar-refractivity contribution < 1.29 is 14.5 Å². The minimum absolute atomic E-state index is 0.498. The summed E-state index contributed by atoms with van der Waals surface area (Å²) in [6.07, 6.45) is 4.06. The normalized spacial score (nSPS) is 25.3. The van der Waals surface area contributed by atoms with Gasteiger partial charge in [0.1, 0.15) is 0 Å². The molecular formula is C20H21ClO3S. The van der Waals surface area contributed by atoms with Crippen LogP contribution in [-0.2, 0) is 20.1 Å². The Morgan fingerprint density at radius 3 is 2.28 bits per heavy atom. The third kappa shape index (κ3) is 3.74. The number of rotatable bonds is 4. The first kappa shape index (κ1) is 17.4. The van der Waals surface area contributed by atoms with Gasteiger partial charge >= 0.3 is 0 Å². The van der Waals surface area contributed by atoms with E-state index in [0.29, 0.717) is 12.4 Å². The zero-order chi connectivity index (χ0) is 17.2. The van der Waals surface area contributed by atoms with Crippen molar-refractivity contribution in [1.82, 2.24) is 0 Å². The van der Waals surface area contributed by atoms with Crippen molar-refractivity contribution in [2.75, 3.05) is 12.4 Å². The molecule has 0 radical (unpaired) electrons. The summed E-state index contributed by atoms with van der Waals surface area (Å²) in [5.41, 5.74) is 0.462. The summed E-state index contributed by atoms with van der Waals surface area (Å²) in [6.45, 7) is 0.498. The minimum Gasteiger partial charge on any atom is -0.344 e. The Kier molecular flexibility index (Phi) is 5.07. The highest BCUT2D eigenvalue weighted by atomic mass is 35.5. The van der Waals surface area contributed by atoms with E-state index in [1.807, 2.05) is 42.5 Å². The Bertz CT molecular complexity index is 689. The third-order valence-corrected chi connectivity index (χ3v) is 6.34. The highest BCUT2D eigenvalue weighted by Gasteiger charge is 2.49. The lowest BCUT2D eigenvalue weighted by atomic mass is 9.96. The molecule has 0 N–H and O–H groups in total. The number of hydrogen-bond donors (Lipinski definition) is 0. The van der Waals surface area contributed by atoms with E-state index in [0.717, 1.165) is 41.2 Å². The molecule has 1 aliphatic heterocycles. The molecule has 1 saturated carbocycles. The standard InChI is InChI=1S/C20H21ClO3S/c21-17-8-10-18(11-9-17)25-15-19(16-6-2-1-3-7-16)14-22-20(24-23-19)12-4-5-13-20/h1-3,6-11H,4-5,12-15H2. The van der Waals surface area contributed by atoms with Crippen LogP contribution in [0.4, 0.5) is 0 Å². The number of hydrogen-bond acceptors (Lipinski definition) is 4. The smallest absolute Gasteiger partial charge is 0.201 e. The predicted octanol–water partition coefficient (Wildman–Crippen LogP) is 5.58. The van der Waals surface area contributed by atoms with Crippen LogP contribution in [0.25, 0.3) is 0 Å². The molecule has 1 atom stereocenters. The van der Waals surface area contributed by atoms with Gasteiger partial charge in [0.25, 0.3) is 0 Å². The number of halogens is 1. The Labute approximate surface area is 157 Å². The van der Waals surface area contributed by atoms with Gasteiger partial charge in [-0.3, -0.25) is 0 Å². The van der Waals surface area contributed by atoms with Gasteiger partial charge in [0.2, 0.25) is 5.79 Å². The van der Waals surface area contributed by atoms with Crippen LogP contribution >= 0.6 is 23.4 Å². The molecule has 0 bridgehead atoms. The molecule has 1 spiro atoms. The van der Waals surface area contributed by atoms with E-state index in [-0.39, 0.29) is 0 Å². The maximum Gasteiger partial charge on any atom is 0.201 e. The zero-order valence-corrected chi connectivity index (χ0v) is 15.5. The van der Waals surface area contributed by atoms with Crippen molar-refractivity contribution in [3.8, 4) is 0 Å². The Morgan fingerprint density at radius 2 is 1.64 bits per heavy atom. The predicted molar refractivity (Wildman–Crippen MR) is 99.6 cm³/mol. The second-order valence-corrected chi connectivity index (χ2v) is 8.16. The summed E-state index contributed by atoms with van der Waals surface area (Å²) in [4.78, 5) is 13.1. The molecule has 0 amide bonds. The molecule has 1 heterocycles. The van der Waals surface area contributed by atoms with Crippen molar-refractivity contribution in [3.05, 3.63) is 65.2 Å². The molecule has 2 aromatic carbocycles. The molecular weight excluding hydrogens is 356 g/mol. The van der Waals surface area contributed by atoms with Crippen molar-refractivity contribution in [2.24, 2.45) is 0 Å². The van der Waals surface area contributed by atoms with Crippen molar-refractivity contribution in [1.29, 1.82) is 0 Å². The van der Waals surface area contributed by atoms with Crippen LogP contribution in [0.2, 0.25) is 5.02 Å². The lowest BCUT2D eigenvalue weighted by Crippen LogP contribution is -2.50. The summed E-state index contributed by atoms with van der Waals surface area (Å²) in [7, 11) is 0. The molecule has 132 valence electrons. The van der Waals surface area contributed by atoms with Crippen LogP contribution < -0.4 is 0 Å². The first-order chi connectivity index (χ1) is 12.2. The van der Waals surface area contributed by atoms with Crippen molar-refractivity contribution in [2.45, 2.75) is 42.0 Å². The van der Waals surface area contributed by atoms with Gasteiger partial charge in [-0.2, -0.15) is 0 Å². The minimum atomic E-state index is -0.612. The average Bonchev–Trinajstić information content (AvgIpc) is 3.12. The van der Waals surface area contributed by atoms with E-state index < -0.39 is 11.4 Å². The van der Waals surface area contributed by atoms with Gasteiger partial charge in [0, 0.05) is 28.5 Å². The average molecular weight is 377 g/mol. The lowest BCUT2D eigenvalue weighted by Gasteiger charge is -2.43. The van der Waals surface area contributed by atoms with Crippen LogP contribution in [0.1, 0.15) is 31.2 Å². The quantitative estimate of drug-likeness (QED) is 0.514. The highest BCUT2D eigenvalue weighted by molar-refractivity contribution is 7.99. The number of ether oxygens (including phenoxy) is 1. The van der Waals surface area contributed by atoms with Gasteiger partial charge in [0.05, 0.1) is 6.61 Å². The molecule has 1 saturated heterocycles. The summed E-state index contributed by atoms with van der Waals surface area (Å²) >= 11 is 7.70. The molecule has 3 nitrogen and oxygen atoms in total. The van der Waals surface area contributed by atoms with E-state index in [1.165, 1.54) is 0 Å². The van der Waals surface area contributed by atoms with E-state index in [4.69, 9.17) is 26.1 Å². The molecule has 2 aromatic rings. The van der Waals surface area contributed by atoms with Gasteiger partial charge < -0.3 is 4.74 Å². The van der Waals surface area contributed by atoms with Gasteiger partial charge in [-0.05, 0) is 42.7 Å². The van der Waals surface area contributed by atoms with E-state index in [2.05, 4.69) is 12.1 Å². The van der Waals surface area contributed by atoms with Crippen LogP contribution in [0.5, 0.6) is 0 Å². The SMILES string of the molecule is Clc1ccc(SCC2(c3ccccc3)COC3(CCCC3)OO2)cc1. The van der Waals surface area contributed by atoms with E-state index in [1.54, 1.807) is 11.8 Å². The van der Waals surface area contributed by atoms with Crippen LogP contribution in [0.3, 0.4) is 0 Å². The lowest BCUT2D eigenvalue weighted by molar-refractivity contribution is -0.511. The van der Waals surface area contributed by atoms with Crippen LogP contribution in [-0.4, -0.2) is 18.1 Å². The number of thioether (sulfide) groups is 1. The molecule has 0 aromatic heterocycles. The molecule has 4 rings (SSSR count). The Morgan fingerprint density at radius 1 is 0.920 bits per heavy atom. The van der Waals surface area contributed by atoms with Gasteiger partial charge in [-0.25, -0.2) is 9.78 Å². The fraction of sp³-hybridized carbons (Fsp3) is 0.400. The Hall–Kier alpha value is -1.04. The number of benzene rings is 2. The summed E-state index contributed by atoms with van der Waals surface area (Å²) < 4.78 is 6.22. The first-order valence-electron chi connectivity index (χ1n) is 8.65. The van der Waals surface area contributed by atoms with Crippen LogP contribution in [0, 0.1) is 0 Å². The molecule has 1 unspecified atom stereocenters. The molecule has 25 heavy (non-hydrogen) atoms. The van der Waals surface area contributed by atoms with E-state index in [9.17, 15) is 0 Å². The van der Waals surface area contributed by atoms with Gasteiger partial charge in [-0.15, -0.1) is 11.8 Å². The second-order valence-electron chi connectivity index (χ2n) is 6.68. The molecule has 5 heteroatoms. The van der Waals surface area contributed by atoms with Crippen molar-refractivity contribution in [3.63, 3.8) is 0 Å². The topological polar surface area (TPSA) is 27.7 Å². The maximum atomic E-state index is 6.22. The van der Waals surface area contributed by atoms with Crippen molar-refractivity contribution >= 4 is 23.4 Å². The first-order valence-corrected chi connectivity index (χ1v) is 10.0. The largest absolute Gasteiger partial charge is 0.344 e. The van der Waals surface area contributed by atoms with Crippen LogP contribution in [0.15, 0.2) is 59.5 Å². The molecule has 2 aliphatic rings. The summed E-state index contributed by atoms with van der Waals surface area (Å²) in [6, 6.07) is 18.0. The van der Waals surface area contributed by atoms with Gasteiger partial charge in [-0.1, -0.05) is 41.9 Å². The molecule has 2 fully saturated rings. The molecule has 1 aliphatic carbocycles. The maximum absolute atomic E-state index is 6.22.